The van der Waals surface area contributed by atoms with Crippen molar-refractivity contribution in [2.45, 2.75) is 13.3 Å². The van der Waals surface area contributed by atoms with Gasteiger partial charge in [0.1, 0.15) is 11.5 Å². The highest BCUT2D eigenvalue weighted by atomic mass is 127. The molecule has 0 amide bonds. The van der Waals surface area contributed by atoms with E-state index in [1.807, 2.05) is 30.3 Å². The van der Waals surface area contributed by atoms with Gasteiger partial charge in [-0.1, -0.05) is 37.3 Å². The quantitative estimate of drug-likeness (QED) is 0.793. The molecule has 0 aliphatic rings. The molecule has 0 radical (unpaired) electrons. The Bertz CT molecular complexity index is 422. The Labute approximate surface area is 96.5 Å². The van der Waals surface area contributed by atoms with Crippen LogP contribution in [0.3, 0.4) is 0 Å². The Morgan fingerprint density at radius 3 is 2.64 bits per heavy atom. The molecule has 1 aromatic carbocycles. The summed E-state index contributed by atoms with van der Waals surface area (Å²) in [5.74, 6) is 0.959. The third kappa shape index (κ3) is 1.82. The normalized spacial score (nSPS) is 10.4. The van der Waals surface area contributed by atoms with Crippen LogP contribution in [0.2, 0.25) is 0 Å². The molecule has 0 saturated carbocycles. The van der Waals surface area contributed by atoms with Crippen LogP contribution < -0.4 is 0 Å². The summed E-state index contributed by atoms with van der Waals surface area (Å²) in [5, 5.41) is 0. The molecule has 1 aromatic heterocycles. The molecule has 0 bridgehead atoms. The molecule has 2 rings (SSSR count). The first-order valence-corrected chi connectivity index (χ1v) is 5.59. The van der Waals surface area contributed by atoms with Crippen molar-refractivity contribution < 1.29 is 4.42 Å². The summed E-state index contributed by atoms with van der Waals surface area (Å²) >= 11 is 2.10. The van der Waals surface area contributed by atoms with Gasteiger partial charge in [0.05, 0.1) is 0 Å². The van der Waals surface area contributed by atoms with Gasteiger partial charge in [-0.15, -0.1) is 0 Å². The number of oxazole rings is 1. The van der Waals surface area contributed by atoms with E-state index in [1.54, 1.807) is 0 Å². The predicted octanol–water partition coefficient (Wildman–Crippen LogP) is 3.51. The average Bonchev–Trinajstić information content (AvgIpc) is 2.61. The fourth-order valence-electron chi connectivity index (χ4n) is 1.38. The Kier molecular flexibility index (Phi) is 2.86. The second-order valence-electron chi connectivity index (χ2n) is 2.96. The maximum Gasteiger partial charge on any atom is 0.257 e. The number of rotatable bonds is 2. The molecule has 14 heavy (non-hydrogen) atoms. The van der Waals surface area contributed by atoms with E-state index in [-0.39, 0.29) is 0 Å². The highest BCUT2D eigenvalue weighted by Gasteiger charge is 2.10. The number of nitrogens with zero attached hydrogens (tertiary/aromatic N) is 1. The minimum atomic E-state index is 0.707. The van der Waals surface area contributed by atoms with Crippen molar-refractivity contribution in [2.75, 3.05) is 0 Å². The van der Waals surface area contributed by atoms with Gasteiger partial charge >= 0.3 is 0 Å². The number of aryl methyl sites for hydroxylation is 1. The van der Waals surface area contributed by atoms with Crippen molar-refractivity contribution in [3.63, 3.8) is 0 Å². The molecule has 0 N–H and O–H groups in total. The first-order chi connectivity index (χ1) is 6.81. The molecular formula is C11H10INO. The summed E-state index contributed by atoms with van der Waals surface area (Å²) in [7, 11) is 0. The van der Waals surface area contributed by atoms with Crippen LogP contribution in [-0.2, 0) is 6.42 Å². The van der Waals surface area contributed by atoms with Crippen molar-refractivity contribution in [1.82, 2.24) is 4.98 Å². The van der Waals surface area contributed by atoms with Gasteiger partial charge in [-0.3, -0.25) is 0 Å². The fourth-order valence-corrected chi connectivity index (χ4v) is 1.89. The molecular weight excluding hydrogens is 289 g/mol. The summed E-state index contributed by atoms with van der Waals surface area (Å²) < 4.78 is 6.20. The highest BCUT2D eigenvalue weighted by Crippen LogP contribution is 2.24. The minimum absolute atomic E-state index is 0.707. The Morgan fingerprint density at radius 2 is 2.00 bits per heavy atom. The number of hydrogen-bond acceptors (Lipinski definition) is 2. The Hall–Kier alpha value is -0.840. The van der Waals surface area contributed by atoms with E-state index in [9.17, 15) is 0 Å². The average molecular weight is 299 g/mol. The van der Waals surface area contributed by atoms with Gasteiger partial charge in [0.25, 0.3) is 3.90 Å². The van der Waals surface area contributed by atoms with Gasteiger partial charge in [-0.2, -0.15) is 0 Å². The van der Waals surface area contributed by atoms with Crippen LogP contribution >= 0.6 is 22.6 Å². The second-order valence-corrected chi connectivity index (χ2v) is 3.88. The lowest BCUT2D eigenvalue weighted by Gasteiger charge is -1.96. The smallest absolute Gasteiger partial charge is 0.257 e. The maximum absolute atomic E-state index is 5.49. The third-order valence-electron chi connectivity index (χ3n) is 2.04. The van der Waals surface area contributed by atoms with E-state index in [2.05, 4.69) is 34.5 Å². The topological polar surface area (TPSA) is 26.0 Å². The van der Waals surface area contributed by atoms with Crippen molar-refractivity contribution >= 4 is 22.6 Å². The summed E-state index contributed by atoms with van der Waals surface area (Å²) in [5.41, 5.74) is 2.09. The largest absolute Gasteiger partial charge is 0.436 e. The molecule has 2 nitrogen and oxygen atoms in total. The van der Waals surface area contributed by atoms with Crippen molar-refractivity contribution in [3.05, 3.63) is 40.0 Å². The molecule has 0 fully saturated rings. The molecule has 0 atom stereocenters. The Balaban J connectivity index is 2.51. The molecule has 1 heterocycles. The molecule has 2 aromatic rings. The van der Waals surface area contributed by atoms with Crippen molar-refractivity contribution in [3.8, 4) is 11.3 Å². The number of aromatic nitrogens is 1. The van der Waals surface area contributed by atoms with Gasteiger partial charge in [-0.25, -0.2) is 4.98 Å². The van der Waals surface area contributed by atoms with Crippen LogP contribution in [0.5, 0.6) is 0 Å². The van der Waals surface area contributed by atoms with Gasteiger partial charge < -0.3 is 4.42 Å². The van der Waals surface area contributed by atoms with E-state index in [0.29, 0.717) is 3.90 Å². The van der Waals surface area contributed by atoms with E-state index >= 15 is 0 Å². The summed E-state index contributed by atoms with van der Waals surface area (Å²) in [6.07, 6.45) is 0.875. The molecule has 3 heteroatoms. The monoisotopic (exact) mass is 299 g/mol. The lowest BCUT2D eigenvalue weighted by Crippen LogP contribution is -1.83. The molecule has 0 saturated heterocycles. The number of hydrogen-bond donors (Lipinski definition) is 0. The highest BCUT2D eigenvalue weighted by molar-refractivity contribution is 14.1. The molecule has 0 aliphatic carbocycles. The zero-order valence-corrected chi connectivity index (χ0v) is 9.98. The fraction of sp³-hybridized carbons (Fsp3) is 0.182. The van der Waals surface area contributed by atoms with Gasteiger partial charge in [0.2, 0.25) is 0 Å². The van der Waals surface area contributed by atoms with Crippen LogP contribution in [0.1, 0.15) is 12.7 Å². The number of halogens is 1. The predicted molar refractivity (Wildman–Crippen MR) is 64.0 cm³/mol. The van der Waals surface area contributed by atoms with Crippen molar-refractivity contribution in [1.29, 1.82) is 0 Å². The van der Waals surface area contributed by atoms with Crippen LogP contribution in [0.15, 0.2) is 34.7 Å². The van der Waals surface area contributed by atoms with E-state index < -0.39 is 0 Å². The van der Waals surface area contributed by atoms with Crippen LogP contribution in [0, 0.1) is 3.90 Å². The van der Waals surface area contributed by atoms with E-state index in [4.69, 9.17) is 4.42 Å². The van der Waals surface area contributed by atoms with E-state index in [1.165, 1.54) is 0 Å². The first kappa shape index (κ1) is 9.71. The SMILES string of the molecule is CCc1oc(I)nc1-c1ccccc1. The third-order valence-corrected chi connectivity index (χ3v) is 2.50. The zero-order valence-electron chi connectivity index (χ0n) is 7.83. The van der Waals surface area contributed by atoms with Gasteiger partial charge in [0, 0.05) is 34.6 Å². The van der Waals surface area contributed by atoms with Crippen LogP contribution in [0.25, 0.3) is 11.3 Å². The van der Waals surface area contributed by atoms with Crippen molar-refractivity contribution in [2.24, 2.45) is 0 Å². The van der Waals surface area contributed by atoms with Crippen LogP contribution in [0.4, 0.5) is 0 Å². The molecule has 0 spiro atoms. The van der Waals surface area contributed by atoms with E-state index in [0.717, 1.165) is 23.4 Å². The standard InChI is InChI=1S/C11H10INO/c1-2-9-10(13-11(12)14-9)8-6-4-3-5-7-8/h3-7H,2H2,1H3. The second kappa shape index (κ2) is 4.13. The van der Waals surface area contributed by atoms with Gasteiger partial charge in [-0.05, 0) is 0 Å². The number of benzene rings is 1. The first-order valence-electron chi connectivity index (χ1n) is 4.52. The lowest BCUT2D eigenvalue weighted by molar-refractivity contribution is 0.482. The summed E-state index contributed by atoms with van der Waals surface area (Å²) in [6.45, 7) is 2.07. The summed E-state index contributed by atoms with van der Waals surface area (Å²) in [4.78, 5) is 4.37. The molecule has 0 unspecified atom stereocenters. The zero-order chi connectivity index (χ0) is 9.97. The van der Waals surface area contributed by atoms with Gasteiger partial charge in [0.15, 0.2) is 0 Å². The Morgan fingerprint density at radius 1 is 1.29 bits per heavy atom. The minimum Gasteiger partial charge on any atom is -0.436 e. The molecule has 0 aliphatic heterocycles. The lowest BCUT2D eigenvalue weighted by atomic mass is 10.1. The van der Waals surface area contributed by atoms with Crippen LogP contribution in [-0.4, -0.2) is 4.98 Å². The molecule has 72 valence electrons. The summed E-state index contributed by atoms with van der Waals surface area (Å²) in [6, 6.07) is 10.1. The maximum atomic E-state index is 5.49.